The zero-order valence-corrected chi connectivity index (χ0v) is 11.0. The maximum Gasteiger partial charge on any atom is 0.0727 e. The molecule has 1 heterocycles. The average Bonchev–Trinajstić information content (AvgIpc) is 2.27. The number of nitrogen functional groups attached to an aromatic ring is 1. The van der Waals surface area contributed by atoms with E-state index in [1.165, 1.54) is 0 Å². The van der Waals surface area contributed by atoms with Crippen molar-refractivity contribution >= 4 is 22.3 Å². The molecule has 0 aliphatic rings. The van der Waals surface area contributed by atoms with Crippen molar-refractivity contribution in [2.45, 2.75) is 20.0 Å². The van der Waals surface area contributed by atoms with Gasteiger partial charge in [-0.05, 0) is 38.1 Å². The minimum atomic E-state index is -0.375. The average molecular weight is 245 g/mol. The lowest BCUT2D eigenvalue weighted by Gasteiger charge is -2.23. The van der Waals surface area contributed by atoms with Crippen LogP contribution in [0.15, 0.2) is 24.3 Å². The smallest absolute Gasteiger partial charge is 0.0727 e. The van der Waals surface area contributed by atoms with Crippen LogP contribution in [0.25, 0.3) is 10.9 Å². The van der Waals surface area contributed by atoms with E-state index in [1.54, 1.807) is 6.92 Å². The van der Waals surface area contributed by atoms with Gasteiger partial charge in [-0.3, -0.25) is 4.98 Å². The molecule has 0 radical (unpaired) electrons. The molecule has 3 N–H and O–H groups in total. The first-order valence-electron chi connectivity index (χ1n) is 6.03. The van der Waals surface area contributed by atoms with Crippen LogP contribution in [0.1, 0.15) is 12.6 Å². The zero-order chi connectivity index (χ0) is 13.3. The quantitative estimate of drug-likeness (QED) is 0.811. The molecule has 0 spiro atoms. The van der Waals surface area contributed by atoms with Crippen LogP contribution in [0.4, 0.5) is 11.4 Å². The summed E-state index contributed by atoms with van der Waals surface area (Å²) in [5.74, 6) is 0. The fourth-order valence-corrected chi connectivity index (χ4v) is 2.16. The van der Waals surface area contributed by atoms with E-state index in [1.807, 2.05) is 43.1 Å². The highest BCUT2D eigenvalue weighted by molar-refractivity contribution is 5.93. The molecule has 0 bridgehead atoms. The normalized spacial score (nSPS) is 12.7. The van der Waals surface area contributed by atoms with Crippen molar-refractivity contribution in [2.24, 2.45) is 0 Å². The maximum absolute atomic E-state index is 9.50. The topological polar surface area (TPSA) is 62.4 Å². The van der Waals surface area contributed by atoms with Crippen molar-refractivity contribution in [3.63, 3.8) is 0 Å². The highest BCUT2D eigenvalue weighted by Crippen LogP contribution is 2.27. The van der Waals surface area contributed by atoms with Crippen molar-refractivity contribution in [3.8, 4) is 0 Å². The number of hydrogen-bond acceptors (Lipinski definition) is 4. The molecule has 18 heavy (non-hydrogen) atoms. The third-order valence-electron chi connectivity index (χ3n) is 2.89. The van der Waals surface area contributed by atoms with E-state index < -0.39 is 0 Å². The first-order valence-corrected chi connectivity index (χ1v) is 6.03. The number of likely N-dealkylation sites (N-methyl/N-ethyl adjacent to an activating group) is 1. The molecule has 0 aliphatic heterocycles. The molecule has 0 fully saturated rings. The fourth-order valence-electron chi connectivity index (χ4n) is 2.16. The molecule has 1 atom stereocenters. The number of benzene rings is 1. The molecule has 0 saturated carbocycles. The minimum absolute atomic E-state index is 0.375. The summed E-state index contributed by atoms with van der Waals surface area (Å²) in [6.45, 7) is 4.32. The van der Waals surface area contributed by atoms with Crippen LogP contribution in [0.3, 0.4) is 0 Å². The molecule has 96 valence electrons. The Bertz CT molecular complexity index is 566. The SMILES string of the molecule is Cc1cc(N(C)CC(C)O)c2cc(N)ccc2n1. The Morgan fingerprint density at radius 2 is 2.11 bits per heavy atom. The number of fused-ring (bicyclic) bond motifs is 1. The number of nitrogens with zero attached hydrogens (tertiary/aromatic N) is 2. The van der Waals surface area contributed by atoms with Crippen molar-refractivity contribution in [3.05, 3.63) is 30.0 Å². The summed E-state index contributed by atoms with van der Waals surface area (Å²) < 4.78 is 0. The summed E-state index contributed by atoms with van der Waals surface area (Å²) in [5.41, 5.74) is 9.49. The highest BCUT2D eigenvalue weighted by atomic mass is 16.3. The Labute approximate surface area is 107 Å². The molecule has 4 heteroatoms. The van der Waals surface area contributed by atoms with Gasteiger partial charge in [0, 0.05) is 36.0 Å². The number of hydrogen-bond donors (Lipinski definition) is 2. The summed E-state index contributed by atoms with van der Waals surface area (Å²) in [7, 11) is 1.96. The number of anilines is 2. The van der Waals surface area contributed by atoms with Gasteiger partial charge >= 0.3 is 0 Å². The second-order valence-electron chi connectivity index (χ2n) is 4.79. The Morgan fingerprint density at radius 3 is 2.78 bits per heavy atom. The largest absolute Gasteiger partial charge is 0.399 e. The van der Waals surface area contributed by atoms with Crippen molar-refractivity contribution in [1.82, 2.24) is 4.98 Å². The van der Waals surface area contributed by atoms with Gasteiger partial charge in [0.25, 0.3) is 0 Å². The van der Waals surface area contributed by atoms with E-state index in [4.69, 9.17) is 5.73 Å². The number of aliphatic hydroxyl groups is 1. The summed E-state index contributed by atoms with van der Waals surface area (Å²) in [6, 6.07) is 7.73. The van der Waals surface area contributed by atoms with Crippen LogP contribution in [0.2, 0.25) is 0 Å². The van der Waals surface area contributed by atoms with Crippen LogP contribution in [0.5, 0.6) is 0 Å². The summed E-state index contributed by atoms with van der Waals surface area (Å²) in [4.78, 5) is 6.52. The monoisotopic (exact) mass is 245 g/mol. The number of rotatable bonds is 3. The van der Waals surface area contributed by atoms with Crippen LogP contribution >= 0.6 is 0 Å². The lowest BCUT2D eigenvalue weighted by Crippen LogP contribution is -2.27. The molecular formula is C14H19N3O. The van der Waals surface area contributed by atoms with Gasteiger partial charge in [-0.1, -0.05) is 0 Å². The molecule has 0 amide bonds. The van der Waals surface area contributed by atoms with Crippen LogP contribution in [0, 0.1) is 6.92 Å². The van der Waals surface area contributed by atoms with Gasteiger partial charge in [0.2, 0.25) is 0 Å². The van der Waals surface area contributed by atoms with Crippen molar-refractivity contribution < 1.29 is 5.11 Å². The first kappa shape index (κ1) is 12.6. The van der Waals surface area contributed by atoms with Gasteiger partial charge in [-0.25, -0.2) is 0 Å². The van der Waals surface area contributed by atoms with E-state index in [-0.39, 0.29) is 6.10 Å². The highest BCUT2D eigenvalue weighted by Gasteiger charge is 2.10. The van der Waals surface area contributed by atoms with E-state index in [0.717, 1.165) is 28.0 Å². The standard InChI is InChI=1S/C14H19N3O/c1-9-6-14(17(3)8-10(2)18)12-7-11(15)4-5-13(12)16-9/h4-7,10,18H,8,15H2,1-3H3. The first-order chi connectivity index (χ1) is 8.47. The lowest BCUT2D eigenvalue weighted by atomic mass is 10.1. The molecule has 1 unspecified atom stereocenters. The summed E-state index contributed by atoms with van der Waals surface area (Å²) in [6.07, 6.45) is -0.375. The van der Waals surface area contributed by atoms with Crippen molar-refractivity contribution in [1.29, 1.82) is 0 Å². The Kier molecular flexibility index (Phi) is 3.39. The van der Waals surface area contributed by atoms with Gasteiger partial charge in [0.1, 0.15) is 0 Å². The predicted octanol–water partition coefficient (Wildman–Crippen LogP) is 1.94. The summed E-state index contributed by atoms with van der Waals surface area (Å²) >= 11 is 0. The fraction of sp³-hybridized carbons (Fsp3) is 0.357. The molecule has 2 rings (SSSR count). The van der Waals surface area contributed by atoms with E-state index >= 15 is 0 Å². The van der Waals surface area contributed by atoms with E-state index in [9.17, 15) is 5.11 Å². The Morgan fingerprint density at radius 1 is 1.39 bits per heavy atom. The summed E-state index contributed by atoms with van der Waals surface area (Å²) in [5, 5.41) is 10.5. The lowest BCUT2D eigenvalue weighted by molar-refractivity contribution is 0.201. The predicted molar refractivity (Wildman–Crippen MR) is 75.8 cm³/mol. The van der Waals surface area contributed by atoms with Gasteiger partial charge < -0.3 is 15.7 Å². The van der Waals surface area contributed by atoms with E-state index in [0.29, 0.717) is 6.54 Å². The molecule has 1 aromatic carbocycles. The van der Waals surface area contributed by atoms with Gasteiger partial charge in [0.05, 0.1) is 11.6 Å². The second kappa shape index (κ2) is 4.82. The number of aliphatic hydroxyl groups excluding tert-OH is 1. The van der Waals surface area contributed by atoms with Crippen LogP contribution in [-0.2, 0) is 0 Å². The van der Waals surface area contributed by atoms with Gasteiger partial charge in [-0.2, -0.15) is 0 Å². The van der Waals surface area contributed by atoms with Crippen LogP contribution in [-0.4, -0.2) is 29.8 Å². The molecular weight excluding hydrogens is 226 g/mol. The third kappa shape index (κ3) is 2.54. The number of nitrogens with two attached hydrogens (primary N) is 1. The number of aryl methyl sites for hydroxylation is 1. The number of aromatic nitrogens is 1. The third-order valence-corrected chi connectivity index (χ3v) is 2.89. The molecule has 2 aromatic rings. The van der Waals surface area contributed by atoms with Gasteiger partial charge in [-0.15, -0.1) is 0 Å². The van der Waals surface area contributed by atoms with Gasteiger partial charge in [0.15, 0.2) is 0 Å². The Hall–Kier alpha value is -1.81. The maximum atomic E-state index is 9.50. The number of pyridine rings is 1. The molecule has 4 nitrogen and oxygen atoms in total. The van der Waals surface area contributed by atoms with Crippen LogP contribution < -0.4 is 10.6 Å². The van der Waals surface area contributed by atoms with E-state index in [2.05, 4.69) is 4.98 Å². The molecule has 0 aliphatic carbocycles. The molecule has 1 aromatic heterocycles. The minimum Gasteiger partial charge on any atom is -0.399 e. The van der Waals surface area contributed by atoms with Crippen molar-refractivity contribution in [2.75, 3.05) is 24.2 Å². The zero-order valence-electron chi connectivity index (χ0n) is 11.0. The second-order valence-corrected chi connectivity index (χ2v) is 4.79. The Balaban J connectivity index is 2.57. The molecule has 0 saturated heterocycles.